The average Bonchev–Trinajstić information content (AvgIpc) is 2.52. The molecule has 1 aliphatic heterocycles. The molecule has 0 aliphatic carbocycles. The first-order valence-electron chi connectivity index (χ1n) is 8.78. The summed E-state index contributed by atoms with van der Waals surface area (Å²) in [5.41, 5.74) is 5.72. The van der Waals surface area contributed by atoms with Crippen molar-refractivity contribution in [1.82, 2.24) is 9.62 Å². The van der Waals surface area contributed by atoms with Crippen LogP contribution in [0.1, 0.15) is 52.9 Å². The Hall–Kier alpha value is -0.370. The molecule has 1 saturated heterocycles. The number of hydrogen-bond donors (Lipinski definition) is 2. The molecular weight excluding hydrogens is 350 g/mol. The van der Waals surface area contributed by atoms with E-state index in [0.29, 0.717) is 44.8 Å². The summed E-state index contributed by atoms with van der Waals surface area (Å²) in [6.07, 6.45) is 3.61. The van der Waals surface area contributed by atoms with E-state index < -0.39 is 10.0 Å². The molecule has 144 valence electrons. The van der Waals surface area contributed by atoms with E-state index in [9.17, 15) is 13.2 Å². The van der Waals surface area contributed by atoms with Crippen molar-refractivity contribution in [1.29, 1.82) is 0 Å². The van der Waals surface area contributed by atoms with Crippen LogP contribution in [0.4, 0.5) is 0 Å². The summed E-state index contributed by atoms with van der Waals surface area (Å²) in [6, 6.07) is 0.00816. The first-order valence-corrected chi connectivity index (χ1v) is 10.4. The van der Waals surface area contributed by atoms with Gasteiger partial charge in [0.2, 0.25) is 15.9 Å². The molecule has 1 unspecified atom stereocenters. The molecule has 1 rings (SSSR count). The lowest BCUT2D eigenvalue weighted by Gasteiger charge is -2.31. The van der Waals surface area contributed by atoms with Gasteiger partial charge in [-0.05, 0) is 31.6 Å². The van der Waals surface area contributed by atoms with Gasteiger partial charge in [-0.15, -0.1) is 12.4 Å². The third-order valence-corrected chi connectivity index (χ3v) is 6.32. The predicted octanol–water partition coefficient (Wildman–Crippen LogP) is 1.74. The number of nitrogens with one attached hydrogen (secondary N) is 1. The SMILES string of the molecule is CCCCS(=O)(=O)N1CCC(C(=O)NC(CN)CC(C)C)CC1.Cl. The number of amides is 1. The number of halogens is 1. The van der Waals surface area contributed by atoms with Crippen molar-refractivity contribution in [3.63, 3.8) is 0 Å². The maximum atomic E-state index is 12.3. The number of nitrogens with two attached hydrogens (primary N) is 1. The summed E-state index contributed by atoms with van der Waals surface area (Å²) in [7, 11) is -3.16. The average molecular weight is 384 g/mol. The van der Waals surface area contributed by atoms with E-state index in [1.165, 1.54) is 0 Å². The summed E-state index contributed by atoms with van der Waals surface area (Å²) in [6.45, 7) is 7.53. The van der Waals surface area contributed by atoms with Crippen molar-refractivity contribution in [3.8, 4) is 0 Å². The van der Waals surface area contributed by atoms with Gasteiger partial charge in [-0.2, -0.15) is 0 Å². The summed E-state index contributed by atoms with van der Waals surface area (Å²) in [5, 5.41) is 3.02. The first kappa shape index (κ1) is 23.6. The number of piperidine rings is 1. The summed E-state index contributed by atoms with van der Waals surface area (Å²) >= 11 is 0. The van der Waals surface area contributed by atoms with Crippen LogP contribution >= 0.6 is 12.4 Å². The van der Waals surface area contributed by atoms with Crippen molar-refractivity contribution in [2.24, 2.45) is 17.6 Å². The number of hydrogen-bond acceptors (Lipinski definition) is 4. The molecule has 6 nitrogen and oxygen atoms in total. The molecule has 0 radical (unpaired) electrons. The van der Waals surface area contributed by atoms with Crippen LogP contribution in [-0.2, 0) is 14.8 Å². The highest BCUT2D eigenvalue weighted by atomic mass is 35.5. The second-order valence-corrected chi connectivity index (χ2v) is 9.00. The molecule has 0 aromatic carbocycles. The Kier molecular flexibility index (Phi) is 11.1. The van der Waals surface area contributed by atoms with Crippen molar-refractivity contribution >= 4 is 28.3 Å². The van der Waals surface area contributed by atoms with Gasteiger partial charge in [-0.3, -0.25) is 4.79 Å². The third-order valence-electron chi connectivity index (χ3n) is 4.36. The molecule has 1 fully saturated rings. The molecule has 0 bridgehead atoms. The maximum absolute atomic E-state index is 12.3. The Labute approximate surface area is 153 Å². The van der Waals surface area contributed by atoms with E-state index in [-0.39, 0.29) is 36.0 Å². The molecule has 1 amide bonds. The lowest BCUT2D eigenvalue weighted by molar-refractivity contribution is -0.126. The van der Waals surface area contributed by atoms with Crippen LogP contribution in [0.15, 0.2) is 0 Å². The van der Waals surface area contributed by atoms with Crippen molar-refractivity contribution in [3.05, 3.63) is 0 Å². The molecule has 0 spiro atoms. The number of carbonyl (C=O) groups excluding carboxylic acids is 1. The molecule has 1 heterocycles. The Balaban J connectivity index is 0.00000529. The highest BCUT2D eigenvalue weighted by Crippen LogP contribution is 2.21. The Bertz CT molecular complexity index is 463. The minimum absolute atomic E-state index is 0. The van der Waals surface area contributed by atoms with Gasteiger partial charge in [-0.25, -0.2) is 12.7 Å². The second kappa shape index (κ2) is 11.3. The van der Waals surface area contributed by atoms with Crippen LogP contribution in [-0.4, -0.2) is 50.1 Å². The Morgan fingerprint density at radius 2 is 1.88 bits per heavy atom. The largest absolute Gasteiger partial charge is 0.352 e. The lowest BCUT2D eigenvalue weighted by Crippen LogP contribution is -2.47. The van der Waals surface area contributed by atoms with Gasteiger partial charge < -0.3 is 11.1 Å². The number of carbonyl (C=O) groups is 1. The standard InChI is InChI=1S/C16H33N3O3S.ClH/c1-4-5-10-23(21,22)19-8-6-14(7-9-19)16(20)18-15(12-17)11-13(2)3;/h13-15H,4-12,17H2,1-3H3,(H,18,20);1H. The fraction of sp³-hybridized carbons (Fsp3) is 0.938. The molecule has 0 aromatic rings. The number of nitrogens with zero attached hydrogens (tertiary/aromatic N) is 1. The van der Waals surface area contributed by atoms with Crippen LogP contribution in [0.2, 0.25) is 0 Å². The first-order chi connectivity index (χ1) is 10.8. The molecule has 1 aliphatic rings. The van der Waals surface area contributed by atoms with Crippen LogP contribution in [0.3, 0.4) is 0 Å². The van der Waals surface area contributed by atoms with Gasteiger partial charge in [0.25, 0.3) is 0 Å². The van der Waals surface area contributed by atoms with Gasteiger partial charge in [0, 0.05) is 31.6 Å². The van der Waals surface area contributed by atoms with E-state index >= 15 is 0 Å². The summed E-state index contributed by atoms with van der Waals surface area (Å²) in [4.78, 5) is 12.3. The molecule has 0 aromatic heterocycles. The Morgan fingerprint density at radius 1 is 1.29 bits per heavy atom. The van der Waals surface area contributed by atoms with E-state index in [1.54, 1.807) is 4.31 Å². The summed E-state index contributed by atoms with van der Waals surface area (Å²) < 4.78 is 25.9. The molecule has 1 atom stereocenters. The van der Waals surface area contributed by atoms with Gasteiger partial charge in [-0.1, -0.05) is 27.2 Å². The monoisotopic (exact) mass is 383 g/mol. The third kappa shape index (κ3) is 7.68. The van der Waals surface area contributed by atoms with Gasteiger partial charge in [0.1, 0.15) is 0 Å². The highest BCUT2D eigenvalue weighted by Gasteiger charge is 2.31. The van der Waals surface area contributed by atoms with Gasteiger partial charge in [0.15, 0.2) is 0 Å². The fourth-order valence-electron chi connectivity index (χ4n) is 2.95. The molecule has 24 heavy (non-hydrogen) atoms. The normalized spacial score (nSPS) is 18.2. The van der Waals surface area contributed by atoms with Crippen molar-refractivity contribution < 1.29 is 13.2 Å². The smallest absolute Gasteiger partial charge is 0.223 e. The zero-order valence-corrected chi connectivity index (χ0v) is 16.8. The molecule has 3 N–H and O–H groups in total. The minimum atomic E-state index is -3.16. The Morgan fingerprint density at radius 3 is 2.33 bits per heavy atom. The number of sulfonamides is 1. The molecular formula is C16H34ClN3O3S. The fourth-order valence-corrected chi connectivity index (χ4v) is 4.63. The van der Waals surface area contributed by atoms with E-state index in [2.05, 4.69) is 19.2 Å². The van der Waals surface area contributed by atoms with Crippen LogP contribution < -0.4 is 11.1 Å². The van der Waals surface area contributed by atoms with Crippen LogP contribution in [0.25, 0.3) is 0 Å². The number of rotatable bonds is 9. The van der Waals surface area contributed by atoms with E-state index in [1.807, 2.05) is 6.92 Å². The van der Waals surface area contributed by atoms with Gasteiger partial charge >= 0.3 is 0 Å². The van der Waals surface area contributed by atoms with Crippen LogP contribution in [0, 0.1) is 11.8 Å². The molecule has 8 heteroatoms. The molecule has 0 saturated carbocycles. The van der Waals surface area contributed by atoms with E-state index in [0.717, 1.165) is 12.8 Å². The predicted molar refractivity (Wildman–Crippen MR) is 101 cm³/mol. The zero-order valence-electron chi connectivity index (χ0n) is 15.2. The second-order valence-electron chi connectivity index (χ2n) is 6.91. The maximum Gasteiger partial charge on any atom is 0.223 e. The summed E-state index contributed by atoms with van der Waals surface area (Å²) in [5.74, 6) is 0.610. The van der Waals surface area contributed by atoms with Crippen molar-refractivity contribution in [2.45, 2.75) is 58.9 Å². The zero-order chi connectivity index (χ0) is 17.5. The quantitative estimate of drug-likeness (QED) is 0.634. The highest BCUT2D eigenvalue weighted by molar-refractivity contribution is 7.89. The van der Waals surface area contributed by atoms with Crippen LogP contribution in [0.5, 0.6) is 0 Å². The minimum Gasteiger partial charge on any atom is -0.352 e. The lowest BCUT2D eigenvalue weighted by atomic mass is 9.96. The van der Waals surface area contributed by atoms with Crippen molar-refractivity contribution in [2.75, 3.05) is 25.4 Å². The van der Waals surface area contributed by atoms with Gasteiger partial charge in [0.05, 0.1) is 5.75 Å². The topological polar surface area (TPSA) is 92.5 Å². The number of unbranched alkanes of at least 4 members (excludes halogenated alkanes) is 1. The van der Waals surface area contributed by atoms with E-state index in [4.69, 9.17) is 5.73 Å².